The Hall–Kier alpha value is -0.910. The van der Waals surface area contributed by atoms with Gasteiger partial charge in [0.25, 0.3) is 0 Å². The lowest BCUT2D eigenvalue weighted by molar-refractivity contribution is -0.124. The fourth-order valence-electron chi connectivity index (χ4n) is 9.23. The van der Waals surface area contributed by atoms with Gasteiger partial charge in [0.05, 0.1) is 31.3 Å². The summed E-state index contributed by atoms with van der Waals surface area (Å²) in [7, 11) is 0. The summed E-state index contributed by atoms with van der Waals surface area (Å²) in [4.78, 5) is 12.5. The number of nitrogens with one attached hydrogen (secondary N) is 1. The van der Waals surface area contributed by atoms with Crippen molar-refractivity contribution in [3.63, 3.8) is 0 Å². The highest BCUT2D eigenvalue weighted by molar-refractivity contribution is 5.76. The van der Waals surface area contributed by atoms with Crippen molar-refractivity contribution in [3.05, 3.63) is 12.2 Å². The molecule has 370 valence electrons. The summed E-state index contributed by atoms with van der Waals surface area (Å²) in [5.41, 5.74) is 0. The molecule has 5 heteroatoms. The van der Waals surface area contributed by atoms with Crippen molar-refractivity contribution in [2.24, 2.45) is 0 Å². The fourth-order valence-corrected chi connectivity index (χ4v) is 9.23. The van der Waals surface area contributed by atoms with Crippen LogP contribution in [0, 0.1) is 0 Å². The predicted molar refractivity (Wildman–Crippen MR) is 273 cm³/mol. The van der Waals surface area contributed by atoms with E-state index >= 15 is 0 Å². The molecule has 62 heavy (non-hydrogen) atoms. The summed E-state index contributed by atoms with van der Waals surface area (Å²) < 4.78 is 0. The molecule has 3 atom stereocenters. The number of allylic oxidation sites excluding steroid dienone is 1. The molecule has 0 bridgehead atoms. The maximum atomic E-state index is 12.5. The Balaban J connectivity index is 3.53. The minimum Gasteiger partial charge on any atom is -0.394 e. The van der Waals surface area contributed by atoms with Gasteiger partial charge in [0.15, 0.2) is 0 Å². The van der Waals surface area contributed by atoms with Crippen LogP contribution in [0.4, 0.5) is 0 Å². The fraction of sp³-hybridized carbons (Fsp3) is 0.947. The summed E-state index contributed by atoms with van der Waals surface area (Å²) in [5, 5.41) is 33.5. The Kier molecular flexibility index (Phi) is 51.9. The van der Waals surface area contributed by atoms with E-state index in [2.05, 4.69) is 19.2 Å². The SMILES string of the molecule is CCCCCCCCCCCCCCCCCCCCCCC/C=C/C(O)C(CO)NC(=O)CC(O)CCCCCCCCCCCCCCCCCCCCCCCCCC. The maximum Gasteiger partial charge on any atom is 0.222 e. The molecule has 0 rings (SSSR count). The first kappa shape index (κ1) is 61.1. The van der Waals surface area contributed by atoms with Crippen molar-refractivity contribution in [1.29, 1.82) is 0 Å². The average Bonchev–Trinajstić information content (AvgIpc) is 3.27. The largest absolute Gasteiger partial charge is 0.394 e. The number of hydrogen-bond acceptors (Lipinski definition) is 4. The number of carbonyl (C=O) groups excluding carboxylic acids is 1. The van der Waals surface area contributed by atoms with E-state index in [1.165, 1.54) is 270 Å². The zero-order valence-electron chi connectivity index (χ0n) is 42.3. The minimum atomic E-state index is -0.926. The Bertz CT molecular complexity index is 879. The van der Waals surface area contributed by atoms with Crippen LogP contribution in [0.1, 0.15) is 322 Å². The van der Waals surface area contributed by atoms with Gasteiger partial charge in [-0.15, -0.1) is 0 Å². The lowest BCUT2D eigenvalue weighted by atomic mass is 10.0. The van der Waals surface area contributed by atoms with Crippen LogP contribution >= 0.6 is 0 Å². The van der Waals surface area contributed by atoms with Crippen molar-refractivity contribution in [3.8, 4) is 0 Å². The molecule has 5 nitrogen and oxygen atoms in total. The number of aliphatic hydroxyl groups is 3. The first-order valence-electron chi connectivity index (χ1n) is 28.5. The monoisotopic (exact) mass is 876 g/mol. The van der Waals surface area contributed by atoms with E-state index in [0.717, 1.165) is 25.7 Å². The van der Waals surface area contributed by atoms with Crippen LogP contribution in [-0.4, -0.2) is 46.1 Å². The van der Waals surface area contributed by atoms with E-state index in [1.54, 1.807) is 6.08 Å². The van der Waals surface area contributed by atoms with Crippen molar-refractivity contribution < 1.29 is 20.1 Å². The van der Waals surface area contributed by atoms with E-state index in [-0.39, 0.29) is 18.9 Å². The van der Waals surface area contributed by atoms with Crippen LogP contribution < -0.4 is 5.32 Å². The summed E-state index contributed by atoms with van der Waals surface area (Å²) in [5.74, 6) is -0.308. The highest BCUT2D eigenvalue weighted by Gasteiger charge is 2.20. The summed E-state index contributed by atoms with van der Waals surface area (Å²) >= 11 is 0. The molecule has 0 saturated carbocycles. The van der Waals surface area contributed by atoms with Crippen molar-refractivity contribution >= 4 is 5.91 Å². The van der Waals surface area contributed by atoms with Crippen molar-refractivity contribution in [1.82, 2.24) is 5.32 Å². The van der Waals surface area contributed by atoms with Gasteiger partial charge in [0.1, 0.15) is 0 Å². The van der Waals surface area contributed by atoms with Crippen LogP contribution in [0.3, 0.4) is 0 Å². The van der Waals surface area contributed by atoms with Crippen LogP contribution in [0.5, 0.6) is 0 Å². The van der Waals surface area contributed by atoms with Crippen molar-refractivity contribution in [2.75, 3.05) is 6.61 Å². The number of carbonyl (C=O) groups is 1. The first-order chi connectivity index (χ1) is 30.5. The molecule has 0 aliphatic carbocycles. The molecule has 0 aliphatic heterocycles. The molecule has 0 saturated heterocycles. The van der Waals surface area contributed by atoms with Gasteiger partial charge in [-0.25, -0.2) is 0 Å². The number of unbranched alkanes of at least 4 members (excludes halogenated alkanes) is 44. The lowest BCUT2D eigenvalue weighted by Gasteiger charge is -2.21. The summed E-state index contributed by atoms with van der Waals surface area (Å²) in [6.07, 6.45) is 65.4. The zero-order valence-corrected chi connectivity index (χ0v) is 42.3. The lowest BCUT2D eigenvalue weighted by Crippen LogP contribution is -2.45. The van der Waals surface area contributed by atoms with E-state index in [4.69, 9.17) is 0 Å². The topological polar surface area (TPSA) is 89.8 Å². The molecule has 3 unspecified atom stereocenters. The van der Waals surface area contributed by atoms with Gasteiger partial charge in [0, 0.05) is 0 Å². The smallest absolute Gasteiger partial charge is 0.222 e. The third-order valence-electron chi connectivity index (χ3n) is 13.6. The van der Waals surface area contributed by atoms with E-state index < -0.39 is 18.2 Å². The Morgan fingerprint density at radius 2 is 0.661 bits per heavy atom. The second-order valence-electron chi connectivity index (χ2n) is 19.9. The Morgan fingerprint density at radius 3 is 0.935 bits per heavy atom. The van der Waals surface area contributed by atoms with Gasteiger partial charge >= 0.3 is 0 Å². The molecular formula is C57H113NO4. The predicted octanol–water partition coefficient (Wildman–Crippen LogP) is 17.5. The number of hydrogen-bond donors (Lipinski definition) is 4. The van der Waals surface area contributed by atoms with Crippen LogP contribution in [0.15, 0.2) is 12.2 Å². The molecule has 0 aromatic rings. The quantitative estimate of drug-likeness (QED) is 0.0362. The third kappa shape index (κ3) is 48.5. The number of aliphatic hydroxyl groups excluding tert-OH is 3. The average molecular weight is 877 g/mol. The highest BCUT2D eigenvalue weighted by Crippen LogP contribution is 2.18. The van der Waals surface area contributed by atoms with Gasteiger partial charge in [-0.3, -0.25) is 4.79 Å². The molecular weight excluding hydrogens is 763 g/mol. The standard InChI is InChI=1S/C57H113NO4/c1-3-5-7-9-11-13-15-17-19-21-23-25-27-29-30-32-34-36-38-40-42-44-46-48-50-54(60)52-57(62)58-55(53-59)56(61)51-49-47-45-43-41-39-37-35-33-31-28-26-24-22-20-18-16-14-12-10-8-6-4-2/h49,51,54-56,59-61H,3-48,50,52-53H2,1-2H3,(H,58,62)/b51-49+. The molecule has 0 fully saturated rings. The maximum absolute atomic E-state index is 12.5. The van der Waals surface area contributed by atoms with Crippen LogP contribution in [0.2, 0.25) is 0 Å². The molecule has 0 spiro atoms. The Labute approximate surface area is 389 Å². The van der Waals surface area contributed by atoms with Gasteiger partial charge in [-0.2, -0.15) is 0 Å². The van der Waals surface area contributed by atoms with Crippen LogP contribution in [0.25, 0.3) is 0 Å². The minimum absolute atomic E-state index is 0.0196. The molecule has 4 N–H and O–H groups in total. The Morgan fingerprint density at radius 1 is 0.403 bits per heavy atom. The molecule has 0 radical (unpaired) electrons. The van der Waals surface area contributed by atoms with Crippen LogP contribution in [-0.2, 0) is 4.79 Å². The zero-order chi connectivity index (χ0) is 45.1. The third-order valence-corrected chi connectivity index (χ3v) is 13.6. The van der Waals surface area contributed by atoms with E-state index in [1.807, 2.05) is 6.08 Å². The van der Waals surface area contributed by atoms with E-state index in [0.29, 0.717) is 6.42 Å². The number of rotatable bonds is 53. The van der Waals surface area contributed by atoms with Crippen molar-refractivity contribution in [2.45, 2.75) is 340 Å². The van der Waals surface area contributed by atoms with Gasteiger partial charge < -0.3 is 20.6 Å². The summed E-state index contributed by atoms with van der Waals surface area (Å²) in [6.45, 7) is 4.26. The van der Waals surface area contributed by atoms with Gasteiger partial charge in [0.2, 0.25) is 5.91 Å². The van der Waals surface area contributed by atoms with Gasteiger partial charge in [-0.05, 0) is 19.3 Å². The molecule has 0 heterocycles. The number of amides is 1. The van der Waals surface area contributed by atoms with E-state index in [9.17, 15) is 20.1 Å². The second-order valence-corrected chi connectivity index (χ2v) is 19.9. The highest BCUT2D eigenvalue weighted by atomic mass is 16.3. The normalized spacial score (nSPS) is 13.3. The molecule has 0 aliphatic rings. The second kappa shape index (κ2) is 52.7. The summed E-state index contributed by atoms with van der Waals surface area (Å²) in [6, 6.07) is -0.741. The van der Waals surface area contributed by atoms with Gasteiger partial charge in [-0.1, -0.05) is 309 Å². The first-order valence-corrected chi connectivity index (χ1v) is 28.5. The molecule has 0 aromatic heterocycles. The molecule has 0 aromatic carbocycles. The molecule has 1 amide bonds.